The zero-order valence-corrected chi connectivity index (χ0v) is 9.78. The van der Waals surface area contributed by atoms with E-state index in [4.69, 9.17) is 4.42 Å². The minimum atomic E-state index is -0.755. The molecular formula is C14H12FNO2. The maximum atomic E-state index is 14.2. The average molecular weight is 245 g/mol. The predicted molar refractivity (Wildman–Crippen MR) is 64.4 cm³/mol. The Morgan fingerprint density at radius 1 is 1.28 bits per heavy atom. The average Bonchev–Trinajstić information content (AvgIpc) is 2.98. The van der Waals surface area contributed by atoms with Crippen LogP contribution in [0.5, 0.6) is 0 Å². The summed E-state index contributed by atoms with van der Waals surface area (Å²) in [4.78, 5) is 14.6. The van der Waals surface area contributed by atoms with Gasteiger partial charge in [0.1, 0.15) is 16.9 Å². The molecule has 0 unspecified atom stereocenters. The van der Waals surface area contributed by atoms with Crippen molar-refractivity contribution in [2.75, 3.05) is 0 Å². The second-order valence-corrected chi connectivity index (χ2v) is 4.70. The first-order valence-corrected chi connectivity index (χ1v) is 6.02. The van der Waals surface area contributed by atoms with Crippen molar-refractivity contribution in [1.82, 2.24) is 0 Å². The van der Waals surface area contributed by atoms with Gasteiger partial charge in [0.05, 0.1) is 6.26 Å². The summed E-state index contributed by atoms with van der Waals surface area (Å²) in [6, 6.07) is 4.71. The highest BCUT2D eigenvalue weighted by Gasteiger charge is 2.39. The van der Waals surface area contributed by atoms with Crippen LogP contribution in [0.3, 0.4) is 0 Å². The zero-order valence-electron chi connectivity index (χ0n) is 9.78. The van der Waals surface area contributed by atoms with E-state index in [9.17, 15) is 9.18 Å². The molecule has 1 heterocycles. The highest BCUT2D eigenvalue weighted by molar-refractivity contribution is 5.82. The lowest BCUT2D eigenvalue weighted by molar-refractivity contribution is 0.434. The van der Waals surface area contributed by atoms with Crippen molar-refractivity contribution in [2.45, 2.75) is 31.2 Å². The fourth-order valence-electron chi connectivity index (χ4n) is 2.96. The molecule has 1 aromatic heterocycles. The van der Waals surface area contributed by atoms with Crippen LogP contribution < -0.4 is 0 Å². The Hall–Kier alpha value is -1.93. The molecule has 92 valence electrons. The van der Waals surface area contributed by atoms with Crippen molar-refractivity contribution in [1.29, 1.82) is 0 Å². The molecule has 1 aliphatic rings. The van der Waals surface area contributed by atoms with E-state index in [-0.39, 0.29) is 5.82 Å². The minimum absolute atomic E-state index is 0.329. The molecule has 3 rings (SSSR count). The Labute approximate surface area is 103 Å². The summed E-state index contributed by atoms with van der Waals surface area (Å²) in [5.41, 5.74) is 0.350. The Morgan fingerprint density at radius 2 is 2.06 bits per heavy atom. The normalized spacial score (nSPS) is 17.8. The minimum Gasteiger partial charge on any atom is -0.464 e. The number of halogens is 1. The van der Waals surface area contributed by atoms with Crippen molar-refractivity contribution in [3.8, 4) is 0 Å². The van der Waals surface area contributed by atoms with Crippen LogP contribution in [0.1, 0.15) is 31.2 Å². The summed E-state index contributed by atoms with van der Waals surface area (Å²) in [5.74, 6) is -0.329. The third kappa shape index (κ3) is 1.50. The second-order valence-electron chi connectivity index (χ2n) is 4.70. The van der Waals surface area contributed by atoms with Gasteiger partial charge in [-0.15, -0.1) is 0 Å². The number of furan rings is 1. The van der Waals surface area contributed by atoms with Crippen LogP contribution in [0, 0.1) is 5.82 Å². The molecule has 0 atom stereocenters. The molecule has 18 heavy (non-hydrogen) atoms. The summed E-state index contributed by atoms with van der Waals surface area (Å²) >= 11 is 0. The van der Waals surface area contributed by atoms with E-state index in [0.717, 1.165) is 12.8 Å². The van der Waals surface area contributed by atoms with Gasteiger partial charge in [0.2, 0.25) is 6.08 Å². The molecule has 0 spiro atoms. The van der Waals surface area contributed by atoms with Crippen LogP contribution in [-0.4, -0.2) is 6.08 Å². The van der Waals surface area contributed by atoms with Gasteiger partial charge in [-0.05, 0) is 31.0 Å². The molecule has 4 heteroatoms. The lowest BCUT2D eigenvalue weighted by atomic mass is 9.86. The summed E-state index contributed by atoms with van der Waals surface area (Å²) in [5, 5.41) is 0.705. The fraction of sp³-hybridized carbons (Fsp3) is 0.357. The van der Waals surface area contributed by atoms with E-state index in [2.05, 4.69) is 4.99 Å². The monoisotopic (exact) mass is 245 g/mol. The van der Waals surface area contributed by atoms with E-state index in [1.807, 2.05) is 0 Å². The number of benzene rings is 1. The van der Waals surface area contributed by atoms with Gasteiger partial charge in [-0.1, -0.05) is 12.8 Å². The molecule has 2 aromatic rings. The van der Waals surface area contributed by atoms with E-state index >= 15 is 0 Å². The molecule has 0 N–H and O–H groups in total. The molecule has 0 saturated heterocycles. The Bertz CT molecular complexity index is 634. The number of aliphatic imine (C=N–C) groups is 1. The number of rotatable bonds is 2. The molecule has 1 aromatic carbocycles. The van der Waals surface area contributed by atoms with Gasteiger partial charge < -0.3 is 4.42 Å². The van der Waals surface area contributed by atoms with Gasteiger partial charge >= 0.3 is 0 Å². The van der Waals surface area contributed by atoms with E-state index in [1.165, 1.54) is 12.3 Å². The smallest absolute Gasteiger partial charge is 0.235 e. The molecular weight excluding hydrogens is 233 g/mol. The predicted octanol–water partition coefficient (Wildman–Crippen LogP) is 3.68. The van der Waals surface area contributed by atoms with Crippen LogP contribution in [0.4, 0.5) is 4.39 Å². The quantitative estimate of drug-likeness (QED) is 0.598. The van der Waals surface area contributed by atoms with Gasteiger partial charge in [-0.3, -0.25) is 0 Å². The first kappa shape index (κ1) is 11.2. The van der Waals surface area contributed by atoms with Crippen LogP contribution >= 0.6 is 0 Å². The van der Waals surface area contributed by atoms with Crippen molar-refractivity contribution in [3.63, 3.8) is 0 Å². The standard InChI is InChI=1S/C14H12FNO2/c15-11-3-4-12-10(5-8-18-12)13(11)14(16-9-17)6-1-2-7-14/h3-5,8H,1-2,6-7H2. The van der Waals surface area contributed by atoms with Crippen molar-refractivity contribution < 1.29 is 13.6 Å². The van der Waals surface area contributed by atoms with E-state index in [1.54, 1.807) is 18.2 Å². The fourth-order valence-corrected chi connectivity index (χ4v) is 2.96. The summed E-state index contributed by atoms with van der Waals surface area (Å²) < 4.78 is 19.5. The molecule has 1 aliphatic carbocycles. The number of hydrogen-bond acceptors (Lipinski definition) is 3. The molecule has 1 fully saturated rings. The molecule has 0 amide bonds. The van der Waals surface area contributed by atoms with E-state index in [0.29, 0.717) is 29.4 Å². The number of carbonyl (C=O) groups excluding carboxylic acids is 1. The molecule has 0 bridgehead atoms. The van der Waals surface area contributed by atoms with Gasteiger partial charge in [0, 0.05) is 10.9 Å². The number of nitrogens with zero attached hydrogens (tertiary/aromatic N) is 1. The maximum absolute atomic E-state index is 14.2. The first-order chi connectivity index (χ1) is 8.77. The lowest BCUT2D eigenvalue weighted by Crippen LogP contribution is -2.21. The molecule has 3 nitrogen and oxygen atoms in total. The number of fused-ring (bicyclic) bond motifs is 1. The van der Waals surface area contributed by atoms with Crippen molar-refractivity contribution in [3.05, 3.63) is 35.8 Å². The zero-order chi connectivity index (χ0) is 12.6. The van der Waals surface area contributed by atoms with Crippen molar-refractivity contribution >= 4 is 17.0 Å². The highest BCUT2D eigenvalue weighted by Crippen LogP contribution is 2.45. The summed E-state index contributed by atoms with van der Waals surface area (Å²) in [7, 11) is 0. The molecule has 0 radical (unpaired) electrons. The van der Waals surface area contributed by atoms with Crippen LogP contribution in [0.25, 0.3) is 11.0 Å². The van der Waals surface area contributed by atoms with E-state index < -0.39 is 5.54 Å². The lowest BCUT2D eigenvalue weighted by Gasteiger charge is -2.24. The molecule has 0 aliphatic heterocycles. The molecule has 1 saturated carbocycles. The van der Waals surface area contributed by atoms with Gasteiger partial charge in [-0.2, -0.15) is 4.99 Å². The Kier molecular flexibility index (Phi) is 2.53. The van der Waals surface area contributed by atoms with Gasteiger partial charge in [0.25, 0.3) is 0 Å². The summed E-state index contributed by atoms with van der Waals surface area (Å²) in [6.07, 6.45) is 6.39. The second kappa shape index (κ2) is 4.07. The third-order valence-electron chi connectivity index (χ3n) is 3.74. The number of isocyanates is 1. The topological polar surface area (TPSA) is 42.6 Å². The third-order valence-corrected chi connectivity index (χ3v) is 3.74. The van der Waals surface area contributed by atoms with Crippen LogP contribution in [0.15, 0.2) is 33.9 Å². The summed E-state index contributed by atoms with van der Waals surface area (Å²) in [6.45, 7) is 0. The largest absolute Gasteiger partial charge is 0.464 e. The maximum Gasteiger partial charge on any atom is 0.235 e. The number of hydrogen-bond donors (Lipinski definition) is 0. The Balaban J connectivity index is 2.32. The first-order valence-electron chi connectivity index (χ1n) is 6.02. The van der Waals surface area contributed by atoms with Gasteiger partial charge in [0.15, 0.2) is 0 Å². The highest BCUT2D eigenvalue weighted by atomic mass is 19.1. The van der Waals surface area contributed by atoms with Crippen LogP contribution in [-0.2, 0) is 10.3 Å². The van der Waals surface area contributed by atoms with Crippen LogP contribution in [0.2, 0.25) is 0 Å². The SMILES string of the molecule is O=C=NC1(c2c(F)ccc3occc23)CCCC1. The van der Waals surface area contributed by atoms with Crippen molar-refractivity contribution in [2.24, 2.45) is 4.99 Å². The van der Waals surface area contributed by atoms with Gasteiger partial charge in [-0.25, -0.2) is 9.18 Å². The Morgan fingerprint density at radius 3 is 2.78 bits per heavy atom.